The average Bonchev–Trinajstić information content (AvgIpc) is 3.50. The van der Waals surface area contributed by atoms with Gasteiger partial charge in [0.2, 0.25) is 0 Å². The number of nitrogens with one attached hydrogen (secondary N) is 2. The van der Waals surface area contributed by atoms with E-state index in [9.17, 15) is 45.6 Å². The number of anilines is 2. The van der Waals surface area contributed by atoms with Crippen LogP contribution in [0.5, 0.6) is 0 Å². The summed E-state index contributed by atoms with van der Waals surface area (Å²) in [4.78, 5) is 43.6. The van der Waals surface area contributed by atoms with E-state index in [4.69, 9.17) is 0 Å². The van der Waals surface area contributed by atoms with Crippen LogP contribution in [0.3, 0.4) is 0 Å². The maximum Gasteiger partial charge on any atom is 0.301 e. The predicted molar refractivity (Wildman–Crippen MR) is 214 cm³/mol. The van der Waals surface area contributed by atoms with Crippen LogP contribution < -0.4 is 10.7 Å². The first-order valence-corrected chi connectivity index (χ1v) is 19.7. The number of nitro groups is 4. The van der Waals surface area contributed by atoms with Crippen LogP contribution in [0.15, 0.2) is 53.3 Å². The van der Waals surface area contributed by atoms with E-state index in [-0.39, 0.29) is 34.3 Å². The van der Waals surface area contributed by atoms with Crippen molar-refractivity contribution in [3.05, 3.63) is 88.6 Å². The molecule has 0 bridgehead atoms. The molecule has 0 saturated heterocycles. The van der Waals surface area contributed by atoms with Crippen LogP contribution in [0, 0.1) is 86.8 Å². The van der Waals surface area contributed by atoms with Gasteiger partial charge in [0.1, 0.15) is 11.4 Å². The molecule has 2 aromatic carbocycles. The largest absolute Gasteiger partial charge is 0.393 e. The maximum atomic E-state index is 11.9. The third-order valence-corrected chi connectivity index (χ3v) is 13.5. The minimum Gasteiger partial charge on any atom is -0.393 e. The first-order chi connectivity index (χ1) is 26.5. The van der Waals surface area contributed by atoms with Gasteiger partial charge in [0.15, 0.2) is 0 Å². The molecule has 8 atom stereocenters. The molecule has 0 amide bonds. The number of hydrazone groups is 1. The summed E-state index contributed by atoms with van der Waals surface area (Å²) < 4.78 is 0. The number of rotatable bonds is 16. The Hall–Kier alpha value is -4.99. The number of non-ortho nitro benzene ring substituents is 2. The molecule has 3 fully saturated rings. The third-order valence-electron chi connectivity index (χ3n) is 13.5. The lowest BCUT2D eigenvalue weighted by Crippen LogP contribution is -2.49. The minimum absolute atomic E-state index is 0.0443. The quantitative estimate of drug-likeness (QED) is 0.0824. The van der Waals surface area contributed by atoms with Gasteiger partial charge < -0.3 is 10.4 Å². The van der Waals surface area contributed by atoms with Crippen molar-refractivity contribution in [1.82, 2.24) is 0 Å². The van der Waals surface area contributed by atoms with Crippen LogP contribution in [0.1, 0.15) is 105 Å². The van der Waals surface area contributed by atoms with E-state index >= 15 is 0 Å². The van der Waals surface area contributed by atoms with Crippen molar-refractivity contribution < 1.29 is 24.8 Å². The fourth-order valence-corrected chi connectivity index (χ4v) is 10.5. The Labute approximate surface area is 326 Å². The summed E-state index contributed by atoms with van der Waals surface area (Å²) in [6.07, 6.45) is 12.8. The van der Waals surface area contributed by atoms with Gasteiger partial charge in [0.25, 0.3) is 17.1 Å². The second-order valence-electron chi connectivity index (χ2n) is 17.1. The highest BCUT2D eigenvalue weighted by molar-refractivity contribution is 5.68. The number of hydrogen-bond donors (Lipinski definition) is 3. The molecule has 5 rings (SSSR count). The molecule has 2 aromatic rings. The topological polar surface area (TPSA) is 229 Å². The summed E-state index contributed by atoms with van der Waals surface area (Å²) in [6.45, 7) is 11.6. The highest BCUT2D eigenvalue weighted by Crippen LogP contribution is 2.66. The van der Waals surface area contributed by atoms with E-state index in [0.29, 0.717) is 49.4 Å². The van der Waals surface area contributed by atoms with Gasteiger partial charge in [0.05, 0.1) is 37.9 Å². The van der Waals surface area contributed by atoms with Crippen LogP contribution in [-0.2, 0) is 0 Å². The van der Waals surface area contributed by atoms with Crippen molar-refractivity contribution in [2.24, 2.45) is 51.4 Å². The average molecular weight is 778 g/mol. The molecule has 16 heteroatoms. The molecule has 3 saturated carbocycles. The highest BCUT2D eigenvalue weighted by Gasteiger charge is 2.58. The number of nitro benzene ring substituents is 4. The molecule has 3 N–H and O–H groups in total. The highest BCUT2D eigenvalue weighted by atomic mass is 16.6. The molecule has 0 aromatic heterocycles. The second kappa shape index (κ2) is 17.4. The second-order valence-corrected chi connectivity index (χ2v) is 17.1. The molecular formula is C40H55N7O9. The smallest absolute Gasteiger partial charge is 0.301 e. The molecule has 304 valence electrons. The summed E-state index contributed by atoms with van der Waals surface area (Å²) in [6, 6.07) is 6.88. The Kier molecular flexibility index (Phi) is 13.1. The molecule has 2 unspecified atom stereocenters. The van der Waals surface area contributed by atoms with Crippen LogP contribution in [-0.4, -0.2) is 37.1 Å². The van der Waals surface area contributed by atoms with E-state index in [1.54, 1.807) is 12.4 Å². The van der Waals surface area contributed by atoms with Crippen molar-refractivity contribution in [2.45, 2.75) is 111 Å². The normalized spacial score (nSPS) is 28.9. The van der Waals surface area contributed by atoms with Gasteiger partial charge in [0, 0.05) is 24.5 Å². The van der Waals surface area contributed by atoms with E-state index in [0.717, 1.165) is 43.4 Å². The lowest BCUT2D eigenvalue weighted by Gasteiger charge is -2.56. The molecule has 0 spiro atoms. The van der Waals surface area contributed by atoms with Crippen LogP contribution in [0.4, 0.5) is 34.1 Å². The Morgan fingerprint density at radius 3 is 2.05 bits per heavy atom. The van der Waals surface area contributed by atoms with Gasteiger partial charge >= 0.3 is 5.69 Å². The fourth-order valence-electron chi connectivity index (χ4n) is 10.5. The van der Waals surface area contributed by atoms with Gasteiger partial charge in [-0.3, -0.25) is 45.9 Å². The number of aliphatic hydroxyl groups is 1. The molecule has 56 heavy (non-hydrogen) atoms. The third kappa shape index (κ3) is 9.00. The van der Waals surface area contributed by atoms with Crippen LogP contribution >= 0.6 is 0 Å². The number of fused-ring (bicyclic) bond motifs is 1. The van der Waals surface area contributed by atoms with Gasteiger partial charge in [-0.25, -0.2) is 0 Å². The Balaban J connectivity index is 1.48. The molecule has 0 aliphatic heterocycles. The van der Waals surface area contributed by atoms with Crippen LogP contribution in [0.25, 0.3) is 0 Å². The standard InChI is InChI=1S/C40H55N7O9/c1-25(2)7-6-8-26(3)32-11-12-33-31(17-20-42-43-36-14-10-29(45(51)52)23-38(36)47(55)56)34(16-19-40(32,33)5)39(4)18-15-30(48)21-27(39)24-41-35-13-9-28(44(49)50)22-37(35)46(53)54/h9-10,13-14,20,22-26,30-34,41,43,48H,6-8,11-12,15-19,21H2,1-5H3/b27-24+,42-20+/t26-,30+,31+,32-,33?,34?,39+,40-/m1/s1. The zero-order chi connectivity index (χ0) is 40.9. The van der Waals surface area contributed by atoms with E-state index in [1.807, 2.05) is 0 Å². The van der Waals surface area contributed by atoms with E-state index in [1.165, 1.54) is 43.5 Å². The zero-order valence-electron chi connectivity index (χ0n) is 32.9. The monoisotopic (exact) mass is 777 g/mol. The number of benzene rings is 2. The van der Waals surface area contributed by atoms with Gasteiger partial charge in [-0.05, 0) is 115 Å². The molecule has 0 radical (unpaired) electrons. The zero-order valence-corrected chi connectivity index (χ0v) is 32.9. The Morgan fingerprint density at radius 1 is 0.821 bits per heavy atom. The molecule has 16 nitrogen and oxygen atoms in total. The van der Waals surface area contributed by atoms with Gasteiger partial charge in [-0.2, -0.15) is 5.10 Å². The summed E-state index contributed by atoms with van der Waals surface area (Å²) >= 11 is 0. The molecule has 3 aliphatic carbocycles. The SMILES string of the molecule is CC(C)CCC[C@@H](C)[C@H]1CCC2[C@H](C/C=N/Nc3ccc([N+](=O)[O-])cc3[N+](=O)[O-])C([C@@]3(C)CC[C@H](O)C/C3=C\Nc3ccc([N+](=O)[O-])cc3[N+](=O)[O-])CC[C@@]21C. The van der Waals surface area contributed by atoms with Crippen molar-refractivity contribution >= 4 is 40.3 Å². The minimum atomic E-state index is -0.684. The van der Waals surface area contributed by atoms with Crippen LogP contribution in [0.2, 0.25) is 0 Å². The molecule has 0 heterocycles. The van der Waals surface area contributed by atoms with Crippen molar-refractivity contribution in [1.29, 1.82) is 0 Å². The Bertz CT molecular complexity index is 1870. The predicted octanol–water partition coefficient (Wildman–Crippen LogP) is 10.2. The van der Waals surface area contributed by atoms with Gasteiger partial charge in [-0.1, -0.05) is 53.9 Å². The summed E-state index contributed by atoms with van der Waals surface area (Å²) in [5.74, 6) is 2.43. The number of nitrogens with zero attached hydrogens (tertiary/aromatic N) is 5. The number of aliphatic hydroxyl groups excluding tert-OH is 1. The Morgan fingerprint density at radius 2 is 1.45 bits per heavy atom. The first-order valence-electron chi connectivity index (χ1n) is 19.7. The molecule has 3 aliphatic rings. The van der Waals surface area contributed by atoms with Gasteiger partial charge in [-0.15, -0.1) is 0 Å². The summed E-state index contributed by atoms with van der Waals surface area (Å²) in [5, 5.41) is 64.8. The first kappa shape index (κ1) is 42.2. The maximum absolute atomic E-state index is 11.9. The van der Waals surface area contributed by atoms with Crippen molar-refractivity contribution in [3.8, 4) is 0 Å². The fraction of sp³-hybridized carbons (Fsp3) is 0.625. The van der Waals surface area contributed by atoms with E-state index in [2.05, 4.69) is 50.5 Å². The lowest BCUT2D eigenvalue weighted by molar-refractivity contribution is -0.393. The lowest BCUT2D eigenvalue weighted by atomic mass is 9.49. The number of hydrogen-bond acceptors (Lipinski definition) is 12. The summed E-state index contributed by atoms with van der Waals surface area (Å²) in [5.41, 5.74) is 1.88. The molecular weight excluding hydrogens is 722 g/mol. The van der Waals surface area contributed by atoms with Crippen molar-refractivity contribution in [3.63, 3.8) is 0 Å². The van der Waals surface area contributed by atoms with E-state index < -0.39 is 48.3 Å². The van der Waals surface area contributed by atoms with Crippen molar-refractivity contribution in [2.75, 3.05) is 10.7 Å². The summed E-state index contributed by atoms with van der Waals surface area (Å²) in [7, 11) is 0.